The molecule has 0 radical (unpaired) electrons. The van der Waals surface area contributed by atoms with E-state index < -0.39 is 0 Å². The van der Waals surface area contributed by atoms with Gasteiger partial charge in [-0.3, -0.25) is 4.90 Å². The lowest BCUT2D eigenvalue weighted by molar-refractivity contribution is 0.365. The van der Waals surface area contributed by atoms with E-state index in [0.717, 1.165) is 6.42 Å². The summed E-state index contributed by atoms with van der Waals surface area (Å²) in [5.41, 5.74) is 7.08. The van der Waals surface area contributed by atoms with Gasteiger partial charge in [-0.1, -0.05) is 29.8 Å². The van der Waals surface area contributed by atoms with Gasteiger partial charge in [0.1, 0.15) is 0 Å². The summed E-state index contributed by atoms with van der Waals surface area (Å²) in [6.45, 7) is 11.1. The van der Waals surface area contributed by atoms with Gasteiger partial charge in [0.25, 0.3) is 0 Å². The predicted octanol–water partition coefficient (Wildman–Crippen LogP) is 4.65. The van der Waals surface area contributed by atoms with E-state index in [4.69, 9.17) is 0 Å². The summed E-state index contributed by atoms with van der Waals surface area (Å²) in [7, 11) is 4.33. The molecule has 1 atom stereocenters. The van der Waals surface area contributed by atoms with Crippen molar-refractivity contribution < 1.29 is 0 Å². The highest BCUT2D eigenvalue weighted by molar-refractivity contribution is 5.56. The quantitative estimate of drug-likeness (QED) is 0.870. The third kappa shape index (κ3) is 3.80. The summed E-state index contributed by atoms with van der Waals surface area (Å²) in [5.74, 6) is 0. The maximum absolute atomic E-state index is 3.64. The molecule has 2 rings (SSSR count). The van der Waals surface area contributed by atoms with Crippen molar-refractivity contribution in [2.45, 2.75) is 52.6 Å². The number of hydrogen-bond donors (Lipinski definition) is 1. The summed E-state index contributed by atoms with van der Waals surface area (Å²) >= 11 is 0. The van der Waals surface area contributed by atoms with Crippen LogP contribution in [0.1, 0.15) is 40.2 Å². The van der Waals surface area contributed by atoms with Crippen LogP contribution in [0.15, 0.2) is 47.1 Å². The highest BCUT2D eigenvalue weighted by Crippen LogP contribution is 2.33. The van der Waals surface area contributed by atoms with Gasteiger partial charge in [0.15, 0.2) is 0 Å². The van der Waals surface area contributed by atoms with Crippen LogP contribution in [0.4, 0.5) is 5.69 Å². The highest BCUT2D eigenvalue weighted by atomic mass is 15.1. The Balaban J connectivity index is 2.30. The molecule has 0 aliphatic heterocycles. The standard InChI is InChI=1S/C20H30N2/c1-14-12-15(2)19(22(6)7)17(14)13-16-10-8-9-11-18(16)21-20(3,4)5/h8-12,19,21H,13H2,1-7H3. The first-order valence-electron chi connectivity index (χ1n) is 8.09. The van der Waals surface area contributed by atoms with Crippen molar-refractivity contribution >= 4 is 5.69 Å². The number of likely N-dealkylation sites (N-methyl/N-ethyl adjacent to an activating group) is 1. The normalized spacial score (nSPS) is 18.9. The maximum atomic E-state index is 3.64. The van der Waals surface area contributed by atoms with E-state index in [0.29, 0.717) is 6.04 Å². The summed E-state index contributed by atoms with van der Waals surface area (Å²) in [5, 5.41) is 3.64. The fourth-order valence-corrected chi connectivity index (χ4v) is 3.36. The second-order valence-corrected chi connectivity index (χ2v) is 7.67. The van der Waals surface area contributed by atoms with Crippen LogP contribution in [0.3, 0.4) is 0 Å². The van der Waals surface area contributed by atoms with Crippen molar-refractivity contribution in [3.63, 3.8) is 0 Å². The first-order chi connectivity index (χ1) is 10.2. The number of allylic oxidation sites excluding steroid dienone is 2. The van der Waals surface area contributed by atoms with Gasteiger partial charge >= 0.3 is 0 Å². The van der Waals surface area contributed by atoms with E-state index in [2.05, 4.69) is 89.3 Å². The third-order valence-corrected chi connectivity index (χ3v) is 4.14. The molecule has 0 amide bonds. The number of benzene rings is 1. The Labute approximate surface area is 135 Å². The van der Waals surface area contributed by atoms with Crippen LogP contribution in [-0.2, 0) is 6.42 Å². The van der Waals surface area contributed by atoms with Crippen LogP contribution in [0.25, 0.3) is 0 Å². The van der Waals surface area contributed by atoms with Gasteiger partial charge in [-0.05, 0) is 77.9 Å². The van der Waals surface area contributed by atoms with Gasteiger partial charge in [-0.15, -0.1) is 0 Å². The SMILES string of the molecule is CC1=CC(C)=C(Cc2ccccc2NC(C)(C)C)C1N(C)C. The van der Waals surface area contributed by atoms with Crippen LogP contribution in [0, 0.1) is 0 Å². The minimum absolute atomic E-state index is 0.0737. The monoisotopic (exact) mass is 298 g/mol. The van der Waals surface area contributed by atoms with Crippen molar-refractivity contribution in [1.82, 2.24) is 4.90 Å². The van der Waals surface area contributed by atoms with Crippen LogP contribution in [0.5, 0.6) is 0 Å². The van der Waals surface area contributed by atoms with Gasteiger partial charge in [0.2, 0.25) is 0 Å². The molecule has 0 aromatic heterocycles. The van der Waals surface area contributed by atoms with Gasteiger partial charge in [-0.2, -0.15) is 0 Å². The fourth-order valence-electron chi connectivity index (χ4n) is 3.36. The summed E-state index contributed by atoms with van der Waals surface area (Å²) in [4.78, 5) is 2.32. The number of para-hydroxylation sites is 1. The van der Waals surface area contributed by atoms with E-state index in [9.17, 15) is 0 Å². The van der Waals surface area contributed by atoms with Crippen LogP contribution >= 0.6 is 0 Å². The van der Waals surface area contributed by atoms with Crippen molar-refractivity contribution in [2.24, 2.45) is 0 Å². The Morgan fingerprint density at radius 1 is 1.09 bits per heavy atom. The number of nitrogens with one attached hydrogen (secondary N) is 1. The lowest BCUT2D eigenvalue weighted by Crippen LogP contribution is -2.30. The van der Waals surface area contributed by atoms with Crippen LogP contribution in [-0.4, -0.2) is 30.6 Å². The third-order valence-electron chi connectivity index (χ3n) is 4.14. The second kappa shape index (κ2) is 6.29. The van der Waals surface area contributed by atoms with E-state index >= 15 is 0 Å². The second-order valence-electron chi connectivity index (χ2n) is 7.67. The van der Waals surface area contributed by atoms with Crippen LogP contribution in [0.2, 0.25) is 0 Å². The van der Waals surface area contributed by atoms with E-state index in [-0.39, 0.29) is 5.54 Å². The molecule has 22 heavy (non-hydrogen) atoms. The first kappa shape index (κ1) is 16.8. The first-order valence-corrected chi connectivity index (χ1v) is 8.09. The summed E-state index contributed by atoms with van der Waals surface area (Å²) < 4.78 is 0. The Morgan fingerprint density at radius 3 is 2.32 bits per heavy atom. The molecule has 2 heteroatoms. The minimum atomic E-state index is 0.0737. The molecule has 120 valence electrons. The number of rotatable bonds is 4. The molecule has 1 aliphatic rings. The Hall–Kier alpha value is -1.54. The summed E-state index contributed by atoms with van der Waals surface area (Å²) in [6, 6.07) is 9.12. The van der Waals surface area contributed by atoms with E-state index in [1.807, 2.05) is 0 Å². The molecule has 1 aromatic carbocycles. The van der Waals surface area contributed by atoms with Crippen molar-refractivity contribution in [3.8, 4) is 0 Å². The van der Waals surface area contributed by atoms with Gasteiger partial charge in [-0.25, -0.2) is 0 Å². The lowest BCUT2D eigenvalue weighted by atomic mass is 9.94. The molecule has 0 fully saturated rings. The molecule has 0 bridgehead atoms. The topological polar surface area (TPSA) is 15.3 Å². The predicted molar refractivity (Wildman–Crippen MR) is 97.5 cm³/mol. The minimum Gasteiger partial charge on any atom is -0.380 e. The molecular weight excluding hydrogens is 268 g/mol. The average molecular weight is 298 g/mol. The van der Waals surface area contributed by atoms with Crippen molar-refractivity contribution in [1.29, 1.82) is 0 Å². The Kier molecular flexibility index (Phi) is 4.81. The molecular formula is C20H30N2. The molecule has 0 saturated carbocycles. The molecule has 1 N–H and O–H groups in total. The van der Waals surface area contributed by atoms with Gasteiger partial charge in [0.05, 0.1) is 6.04 Å². The number of hydrogen-bond acceptors (Lipinski definition) is 2. The van der Waals surface area contributed by atoms with Crippen molar-refractivity contribution in [2.75, 3.05) is 19.4 Å². The van der Waals surface area contributed by atoms with Crippen LogP contribution < -0.4 is 5.32 Å². The van der Waals surface area contributed by atoms with Gasteiger partial charge in [0, 0.05) is 11.2 Å². The zero-order valence-electron chi connectivity index (χ0n) is 15.1. The average Bonchev–Trinajstić information content (AvgIpc) is 2.64. The zero-order chi connectivity index (χ0) is 16.5. The van der Waals surface area contributed by atoms with Gasteiger partial charge < -0.3 is 5.32 Å². The van der Waals surface area contributed by atoms with E-state index in [1.54, 1.807) is 0 Å². The molecule has 1 aliphatic carbocycles. The number of anilines is 1. The highest BCUT2D eigenvalue weighted by Gasteiger charge is 2.26. The Bertz CT molecular complexity index is 600. The molecule has 0 heterocycles. The Morgan fingerprint density at radius 2 is 1.73 bits per heavy atom. The fraction of sp³-hybridized carbons (Fsp3) is 0.500. The zero-order valence-corrected chi connectivity index (χ0v) is 15.1. The molecule has 1 aromatic rings. The van der Waals surface area contributed by atoms with Crippen molar-refractivity contribution in [3.05, 3.63) is 52.6 Å². The smallest absolute Gasteiger partial charge is 0.0524 e. The number of nitrogens with zero attached hydrogens (tertiary/aromatic N) is 1. The lowest BCUT2D eigenvalue weighted by Gasteiger charge is -2.28. The molecule has 2 nitrogen and oxygen atoms in total. The largest absolute Gasteiger partial charge is 0.380 e. The molecule has 0 spiro atoms. The molecule has 1 unspecified atom stereocenters. The molecule has 0 saturated heterocycles. The van der Waals surface area contributed by atoms with E-state index in [1.165, 1.54) is 28.0 Å². The summed E-state index contributed by atoms with van der Waals surface area (Å²) in [6.07, 6.45) is 3.33. The maximum Gasteiger partial charge on any atom is 0.0524 e.